The van der Waals surface area contributed by atoms with Gasteiger partial charge in [-0.25, -0.2) is 4.98 Å². The number of hydrogen-bond donors (Lipinski definition) is 0. The van der Waals surface area contributed by atoms with Gasteiger partial charge in [-0.05, 0) is 6.07 Å². The molecule has 14 heavy (non-hydrogen) atoms. The van der Waals surface area contributed by atoms with Crippen LogP contribution < -0.4 is 0 Å². The van der Waals surface area contributed by atoms with Gasteiger partial charge < -0.3 is 4.42 Å². The van der Waals surface area contributed by atoms with Crippen molar-refractivity contribution in [1.29, 1.82) is 10.5 Å². The summed E-state index contributed by atoms with van der Waals surface area (Å²) in [6, 6.07) is 6.89. The van der Waals surface area contributed by atoms with Crippen LogP contribution in [0.15, 0.2) is 21.3 Å². The molecule has 0 fully saturated rings. The SMILES string of the molecule is N#Cc1cc2nc(Br)oc2cc1C#N. The average molecular weight is 248 g/mol. The third-order valence-corrected chi connectivity index (χ3v) is 2.08. The summed E-state index contributed by atoms with van der Waals surface area (Å²) in [6.45, 7) is 0. The highest BCUT2D eigenvalue weighted by Gasteiger charge is 2.08. The maximum absolute atomic E-state index is 8.74. The number of hydrogen-bond acceptors (Lipinski definition) is 4. The molecule has 0 saturated heterocycles. The molecule has 0 amide bonds. The Bertz CT molecular complexity index is 537. The van der Waals surface area contributed by atoms with E-state index in [1.807, 2.05) is 12.1 Å². The summed E-state index contributed by atoms with van der Waals surface area (Å²) in [6.07, 6.45) is 0. The predicted molar refractivity (Wildman–Crippen MR) is 51.1 cm³/mol. The van der Waals surface area contributed by atoms with E-state index in [2.05, 4.69) is 20.9 Å². The van der Waals surface area contributed by atoms with Gasteiger partial charge in [0.2, 0.25) is 0 Å². The van der Waals surface area contributed by atoms with Crippen LogP contribution in [0, 0.1) is 22.7 Å². The van der Waals surface area contributed by atoms with Gasteiger partial charge in [0, 0.05) is 22.0 Å². The monoisotopic (exact) mass is 247 g/mol. The third kappa shape index (κ3) is 1.24. The normalized spacial score (nSPS) is 9.64. The minimum absolute atomic E-state index is 0.295. The molecule has 2 rings (SSSR count). The number of nitriles is 2. The van der Waals surface area contributed by atoms with Crippen molar-refractivity contribution in [3.8, 4) is 12.1 Å². The zero-order chi connectivity index (χ0) is 10.1. The quantitative estimate of drug-likeness (QED) is 0.717. The summed E-state index contributed by atoms with van der Waals surface area (Å²) in [4.78, 5) is 4.33. The Morgan fingerprint density at radius 2 is 1.86 bits per heavy atom. The molecule has 0 spiro atoms. The molecule has 1 aromatic carbocycles. The number of fused-ring (bicyclic) bond motifs is 1. The smallest absolute Gasteiger partial charge is 0.265 e. The molecular weight excluding hydrogens is 246 g/mol. The van der Waals surface area contributed by atoms with E-state index in [-0.39, 0.29) is 0 Å². The number of nitrogens with zero attached hydrogens (tertiary/aromatic N) is 3. The number of rotatable bonds is 0. The minimum Gasteiger partial charge on any atom is -0.431 e. The summed E-state index contributed by atoms with van der Waals surface area (Å²) in [5.74, 6) is 0. The van der Waals surface area contributed by atoms with Crippen LogP contribution in [-0.4, -0.2) is 4.98 Å². The third-order valence-electron chi connectivity index (χ3n) is 1.74. The summed E-state index contributed by atoms with van der Waals surface area (Å²) >= 11 is 3.07. The Balaban J connectivity index is 2.84. The van der Waals surface area contributed by atoms with E-state index in [9.17, 15) is 0 Å². The highest BCUT2D eigenvalue weighted by molar-refractivity contribution is 9.10. The van der Waals surface area contributed by atoms with E-state index in [1.165, 1.54) is 12.1 Å². The van der Waals surface area contributed by atoms with Gasteiger partial charge in [0.15, 0.2) is 5.58 Å². The molecule has 1 heterocycles. The van der Waals surface area contributed by atoms with Crippen LogP contribution in [0.4, 0.5) is 0 Å². The Morgan fingerprint density at radius 1 is 1.21 bits per heavy atom. The van der Waals surface area contributed by atoms with Crippen LogP contribution in [0.2, 0.25) is 0 Å². The largest absolute Gasteiger partial charge is 0.431 e. The van der Waals surface area contributed by atoms with Crippen LogP contribution in [0.5, 0.6) is 0 Å². The molecule has 4 nitrogen and oxygen atoms in total. The zero-order valence-electron chi connectivity index (χ0n) is 6.78. The first-order valence-electron chi connectivity index (χ1n) is 3.65. The molecular formula is C9H2BrN3O. The highest BCUT2D eigenvalue weighted by atomic mass is 79.9. The maximum atomic E-state index is 8.74. The van der Waals surface area contributed by atoms with Crippen molar-refractivity contribution in [3.63, 3.8) is 0 Å². The van der Waals surface area contributed by atoms with E-state index < -0.39 is 0 Å². The first-order chi connectivity index (χ1) is 6.74. The number of aromatic nitrogens is 1. The van der Waals surface area contributed by atoms with Gasteiger partial charge in [-0.1, -0.05) is 0 Å². The molecule has 0 saturated carbocycles. The molecule has 0 unspecified atom stereocenters. The Hall–Kier alpha value is -1.85. The first kappa shape index (κ1) is 8.74. The van der Waals surface area contributed by atoms with E-state index in [0.717, 1.165) is 0 Å². The van der Waals surface area contributed by atoms with Crippen LogP contribution in [0.1, 0.15) is 11.1 Å². The molecule has 0 atom stereocenters. The van der Waals surface area contributed by atoms with Gasteiger partial charge in [-0.3, -0.25) is 0 Å². The summed E-state index contributed by atoms with van der Waals surface area (Å²) in [7, 11) is 0. The second kappa shape index (κ2) is 3.13. The Labute approximate surface area is 87.5 Å². The predicted octanol–water partition coefficient (Wildman–Crippen LogP) is 2.33. The molecule has 0 bridgehead atoms. The van der Waals surface area contributed by atoms with Crippen molar-refractivity contribution in [2.45, 2.75) is 0 Å². The molecule has 1 aromatic heterocycles. The summed E-state index contributed by atoms with van der Waals surface area (Å²) < 4.78 is 5.15. The molecule has 0 aliphatic carbocycles. The van der Waals surface area contributed by atoms with Crippen molar-refractivity contribution in [1.82, 2.24) is 4.98 Å². The lowest BCUT2D eigenvalue weighted by molar-refractivity contribution is 0.570. The van der Waals surface area contributed by atoms with E-state index >= 15 is 0 Å². The lowest BCUT2D eigenvalue weighted by Gasteiger charge is -1.91. The average Bonchev–Trinajstić information content (AvgIpc) is 2.54. The standard InChI is InChI=1S/C9H2BrN3O/c10-9-13-7-1-5(3-11)6(4-12)2-8(7)14-9/h1-2H. The second-order valence-electron chi connectivity index (χ2n) is 2.56. The van der Waals surface area contributed by atoms with Crippen LogP contribution in [0.25, 0.3) is 11.1 Å². The summed E-state index contributed by atoms with van der Waals surface area (Å²) in [5, 5.41) is 17.5. The second-order valence-corrected chi connectivity index (χ2v) is 3.23. The lowest BCUT2D eigenvalue weighted by atomic mass is 10.1. The molecule has 0 radical (unpaired) electrons. The van der Waals surface area contributed by atoms with E-state index in [4.69, 9.17) is 14.9 Å². The highest BCUT2D eigenvalue weighted by Crippen LogP contribution is 2.22. The Kier molecular flexibility index (Phi) is 1.95. The van der Waals surface area contributed by atoms with Crippen molar-refractivity contribution in [3.05, 3.63) is 28.1 Å². The molecule has 2 aromatic rings. The molecule has 0 N–H and O–H groups in total. The van der Waals surface area contributed by atoms with Crippen molar-refractivity contribution >= 4 is 27.0 Å². The summed E-state index contributed by atoms with van der Waals surface area (Å²) in [5.41, 5.74) is 1.66. The zero-order valence-corrected chi connectivity index (χ0v) is 8.37. The van der Waals surface area contributed by atoms with E-state index in [0.29, 0.717) is 27.0 Å². The number of oxazole rings is 1. The number of benzene rings is 1. The van der Waals surface area contributed by atoms with Crippen LogP contribution in [0.3, 0.4) is 0 Å². The Morgan fingerprint density at radius 3 is 2.50 bits per heavy atom. The van der Waals surface area contributed by atoms with Gasteiger partial charge in [0.1, 0.15) is 17.7 Å². The molecule has 0 aliphatic heterocycles. The molecule has 0 aliphatic rings. The van der Waals surface area contributed by atoms with E-state index in [1.54, 1.807) is 0 Å². The molecule has 5 heteroatoms. The fraction of sp³-hybridized carbons (Fsp3) is 0. The van der Waals surface area contributed by atoms with Gasteiger partial charge in [0.25, 0.3) is 4.80 Å². The van der Waals surface area contributed by atoms with Gasteiger partial charge in [-0.15, -0.1) is 0 Å². The maximum Gasteiger partial charge on any atom is 0.265 e. The van der Waals surface area contributed by atoms with Crippen molar-refractivity contribution in [2.75, 3.05) is 0 Å². The topological polar surface area (TPSA) is 73.6 Å². The van der Waals surface area contributed by atoms with Crippen molar-refractivity contribution < 1.29 is 4.42 Å². The van der Waals surface area contributed by atoms with Gasteiger partial charge >= 0.3 is 0 Å². The van der Waals surface area contributed by atoms with Crippen molar-refractivity contribution in [2.24, 2.45) is 0 Å². The van der Waals surface area contributed by atoms with Crippen LogP contribution in [-0.2, 0) is 0 Å². The van der Waals surface area contributed by atoms with Gasteiger partial charge in [-0.2, -0.15) is 10.5 Å². The first-order valence-corrected chi connectivity index (χ1v) is 4.44. The lowest BCUT2D eigenvalue weighted by Crippen LogP contribution is -1.82. The minimum atomic E-state index is 0.295. The fourth-order valence-corrected chi connectivity index (χ4v) is 1.50. The van der Waals surface area contributed by atoms with Crippen LogP contribution >= 0.6 is 15.9 Å². The fourth-order valence-electron chi connectivity index (χ4n) is 1.13. The number of halogens is 1. The molecule has 66 valence electrons. The van der Waals surface area contributed by atoms with Gasteiger partial charge in [0.05, 0.1) is 11.1 Å².